The molecular weight excluding hydrogens is 290 g/mol. The van der Waals surface area contributed by atoms with Gasteiger partial charge in [-0.3, -0.25) is 9.59 Å². The predicted octanol–water partition coefficient (Wildman–Crippen LogP) is 3.50. The fourth-order valence-electron chi connectivity index (χ4n) is 3.53. The van der Waals surface area contributed by atoms with E-state index in [4.69, 9.17) is 0 Å². The second kappa shape index (κ2) is 6.73. The number of amides is 1. The lowest BCUT2D eigenvalue weighted by Gasteiger charge is -2.37. The van der Waals surface area contributed by atoms with E-state index in [1.807, 2.05) is 25.1 Å². The van der Waals surface area contributed by atoms with E-state index in [0.717, 1.165) is 12.8 Å². The van der Waals surface area contributed by atoms with Gasteiger partial charge in [-0.2, -0.15) is 0 Å². The van der Waals surface area contributed by atoms with Crippen LogP contribution >= 0.6 is 0 Å². The van der Waals surface area contributed by atoms with E-state index in [9.17, 15) is 14.7 Å². The molecule has 4 nitrogen and oxygen atoms in total. The molecule has 1 aliphatic carbocycles. The zero-order chi connectivity index (χ0) is 17.1. The van der Waals surface area contributed by atoms with Crippen molar-refractivity contribution in [1.82, 2.24) is 5.32 Å². The van der Waals surface area contributed by atoms with Crippen LogP contribution in [-0.4, -0.2) is 23.0 Å². The third-order valence-electron chi connectivity index (χ3n) is 5.04. The molecule has 0 spiro atoms. The lowest BCUT2D eigenvalue weighted by Crippen LogP contribution is -2.45. The van der Waals surface area contributed by atoms with E-state index in [2.05, 4.69) is 31.3 Å². The Morgan fingerprint density at radius 3 is 2.35 bits per heavy atom. The first kappa shape index (κ1) is 17.5. The smallest absolute Gasteiger partial charge is 0.310 e. The first-order valence-corrected chi connectivity index (χ1v) is 8.33. The number of nitrogens with one attached hydrogen (secondary N) is 1. The molecule has 1 atom stereocenters. The van der Waals surface area contributed by atoms with Gasteiger partial charge in [0.1, 0.15) is 0 Å². The van der Waals surface area contributed by atoms with Crippen molar-refractivity contribution in [1.29, 1.82) is 0 Å². The van der Waals surface area contributed by atoms with Crippen LogP contribution in [-0.2, 0) is 15.0 Å². The van der Waals surface area contributed by atoms with Crippen molar-refractivity contribution in [2.45, 2.75) is 64.3 Å². The van der Waals surface area contributed by atoms with Gasteiger partial charge in [0.05, 0.1) is 5.41 Å². The lowest BCUT2D eigenvalue weighted by molar-refractivity contribution is -0.157. The largest absolute Gasteiger partial charge is 0.481 e. The van der Waals surface area contributed by atoms with Gasteiger partial charge in [0.15, 0.2) is 0 Å². The number of carbonyl (C=O) groups excluding carboxylic acids is 1. The molecule has 1 saturated carbocycles. The molecule has 1 unspecified atom stereocenters. The molecule has 0 bridgehead atoms. The molecule has 1 aliphatic rings. The standard InChI is InChI=1S/C19H27NO3/c1-14(12-18(2,3)15-8-5-4-6-9-15)20-16(21)13-19(17(22)23)10-7-11-19/h4-6,8-9,14H,7,10-13H2,1-3H3,(H,20,21)(H,22,23). The summed E-state index contributed by atoms with van der Waals surface area (Å²) in [6.07, 6.45) is 3.02. The number of rotatable bonds is 7. The third-order valence-corrected chi connectivity index (χ3v) is 5.04. The average molecular weight is 317 g/mol. The molecule has 0 aliphatic heterocycles. The van der Waals surface area contributed by atoms with Gasteiger partial charge in [-0.05, 0) is 37.2 Å². The topological polar surface area (TPSA) is 66.4 Å². The van der Waals surface area contributed by atoms with E-state index in [1.54, 1.807) is 0 Å². The molecule has 1 amide bonds. The molecule has 1 aromatic carbocycles. The summed E-state index contributed by atoms with van der Waals surface area (Å²) in [6, 6.07) is 10.2. The number of carboxylic acids is 1. The Hall–Kier alpha value is -1.84. The van der Waals surface area contributed by atoms with E-state index < -0.39 is 11.4 Å². The van der Waals surface area contributed by atoms with Gasteiger partial charge in [-0.25, -0.2) is 0 Å². The molecule has 2 N–H and O–H groups in total. The Balaban J connectivity index is 1.90. The van der Waals surface area contributed by atoms with Crippen LogP contribution in [0.25, 0.3) is 0 Å². The van der Waals surface area contributed by atoms with E-state index in [-0.39, 0.29) is 23.8 Å². The van der Waals surface area contributed by atoms with Crippen molar-refractivity contribution in [3.63, 3.8) is 0 Å². The van der Waals surface area contributed by atoms with Gasteiger partial charge in [-0.15, -0.1) is 0 Å². The highest BCUT2D eigenvalue weighted by atomic mass is 16.4. The Kier molecular flexibility index (Phi) is 5.12. The van der Waals surface area contributed by atoms with Gasteiger partial charge in [-0.1, -0.05) is 50.6 Å². The van der Waals surface area contributed by atoms with Crippen molar-refractivity contribution in [2.24, 2.45) is 5.41 Å². The van der Waals surface area contributed by atoms with Crippen LogP contribution in [0.1, 0.15) is 58.4 Å². The summed E-state index contributed by atoms with van der Waals surface area (Å²) in [5.41, 5.74) is 0.371. The van der Waals surface area contributed by atoms with E-state index in [0.29, 0.717) is 12.8 Å². The molecule has 1 fully saturated rings. The van der Waals surface area contributed by atoms with Gasteiger partial charge in [0, 0.05) is 12.5 Å². The molecule has 1 aromatic rings. The molecule has 23 heavy (non-hydrogen) atoms. The minimum atomic E-state index is -0.837. The quantitative estimate of drug-likeness (QED) is 0.809. The van der Waals surface area contributed by atoms with Crippen LogP contribution in [0.3, 0.4) is 0 Å². The fraction of sp³-hybridized carbons (Fsp3) is 0.579. The van der Waals surface area contributed by atoms with Crippen LogP contribution in [0.4, 0.5) is 0 Å². The van der Waals surface area contributed by atoms with Crippen LogP contribution in [0.15, 0.2) is 30.3 Å². The molecule has 4 heteroatoms. The van der Waals surface area contributed by atoms with Crippen molar-refractivity contribution < 1.29 is 14.7 Å². The van der Waals surface area contributed by atoms with Crippen LogP contribution in [0.5, 0.6) is 0 Å². The Labute approximate surface area is 138 Å². The highest BCUT2D eigenvalue weighted by Gasteiger charge is 2.46. The number of hydrogen-bond donors (Lipinski definition) is 2. The van der Waals surface area contributed by atoms with E-state index in [1.165, 1.54) is 5.56 Å². The molecule has 126 valence electrons. The molecular formula is C19H27NO3. The summed E-state index contributed by atoms with van der Waals surface area (Å²) in [6.45, 7) is 6.31. The van der Waals surface area contributed by atoms with E-state index >= 15 is 0 Å². The maximum absolute atomic E-state index is 12.2. The summed E-state index contributed by atoms with van der Waals surface area (Å²) in [7, 11) is 0. The number of carbonyl (C=O) groups is 2. The second-order valence-corrected chi connectivity index (χ2v) is 7.54. The molecule has 0 radical (unpaired) electrons. The van der Waals surface area contributed by atoms with Gasteiger partial charge in [0.2, 0.25) is 5.91 Å². The number of benzene rings is 1. The monoisotopic (exact) mass is 317 g/mol. The van der Waals surface area contributed by atoms with Crippen LogP contribution in [0.2, 0.25) is 0 Å². The molecule has 0 saturated heterocycles. The summed E-state index contributed by atoms with van der Waals surface area (Å²) >= 11 is 0. The zero-order valence-electron chi connectivity index (χ0n) is 14.3. The Morgan fingerprint density at radius 1 is 1.26 bits per heavy atom. The lowest BCUT2D eigenvalue weighted by atomic mass is 9.66. The van der Waals surface area contributed by atoms with Crippen molar-refractivity contribution in [3.8, 4) is 0 Å². The minimum absolute atomic E-state index is 0.00336. The maximum atomic E-state index is 12.2. The average Bonchev–Trinajstić information content (AvgIpc) is 2.42. The Bertz CT molecular complexity index is 561. The molecule has 0 heterocycles. The summed E-state index contributed by atoms with van der Waals surface area (Å²) in [5.74, 6) is -0.986. The SMILES string of the molecule is CC(CC(C)(C)c1ccccc1)NC(=O)CC1(C(=O)O)CCC1. The summed E-state index contributed by atoms with van der Waals surface area (Å²) in [5, 5.41) is 12.3. The first-order valence-electron chi connectivity index (χ1n) is 8.33. The van der Waals surface area contributed by atoms with Crippen LogP contribution in [0, 0.1) is 5.41 Å². The highest BCUT2D eigenvalue weighted by Crippen LogP contribution is 2.44. The van der Waals surface area contributed by atoms with Crippen molar-refractivity contribution >= 4 is 11.9 Å². The fourth-order valence-corrected chi connectivity index (χ4v) is 3.53. The number of carboxylic acid groups (broad SMARTS) is 1. The zero-order valence-corrected chi connectivity index (χ0v) is 14.3. The van der Waals surface area contributed by atoms with Crippen molar-refractivity contribution in [2.75, 3.05) is 0 Å². The summed E-state index contributed by atoms with van der Waals surface area (Å²) < 4.78 is 0. The van der Waals surface area contributed by atoms with Crippen molar-refractivity contribution in [3.05, 3.63) is 35.9 Å². The molecule has 2 rings (SSSR count). The maximum Gasteiger partial charge on any atom is 0.310 e. The minimum Gasteiger partial charge on any atom is -0.481 e. The number of aliphatic carboxylic acids is 1. The van der Waals surface area contributed by atoms with Gasteiger partial charge in [0.25, 0.3) is 0 Å². The molecule has 0 aromatic heterocycles. The predicted molar refractivity (Wildman–Crippen MR) is 90.2 cm³/mol. The van der Waals surface area contributed by atoms with Crippen LogP contribution < -0.4 is 5.32 Å². The highest BCUT2D eigenvalue weighted by molar-refractivity contribution is 5.85. The van der Waals surface area contributed by atoms with Gasteiger partial charge >= 0.3 is 5.97 Å². The first-order chi connectivity index (χ1) is 10.8. The summed E-state index contributed by atoms with van der Waals surface area (Å²) in [4.78, 5) is 23.6. The second-order valence-electron chi connectivity index (χ2n) is 7.54. The Morgan fingerprint density at radius 2 is 1.87 bits per heavy atom. The van der Waals surface area contributed by atoms with Gasteiger partial charge < -0.3 is 10.4 Å². The number of hydrogen-bond acceptors (Lipinski definition) is 2. The third kappa shape index (κ3) is 4.12. The normalized spacial score (nSPS) is 17.9.